The molecule has 6 nitrogen and oxygen atoms in total. The first-order chi connectivity index (χ1) is 13.8. The van der Waals surface area contributed by atoms with Gasteiger partial charge in [0.25, 0.3) is 0 Å². The normalized spacial score (nSPS) is 11.9. The number of carbonyl (C=O) groups excluding carboxylic acids is 1. The maximum absolute atomic E-state index is 13.3. The van der Waals surface area contributed by atoms with Crippen molar-refractivity contribution in [3.8, 4) is 11.5 Å². The van der Waals surface area contributed by atoms with Crippen LogP contribution < -0.4 is 9.47 Å². The van der Waals surface area contributed by atoms with Crippen molar-refractivity contribution in [2.75, 3.05) is 14.2 Å². The van der Waals surface area contributed by atoms with Crippen LogP contribution in [0.4, 0.5) is 0 Å². The number of hydrogen-bond acceptors (Lipinski definition) is 4. The second kappa shape index (κ2) is 10.1. The van der Waals surface area contributed by atoms with Crippen LogP contribution in [0.15, 0.2) is 24.3 Å². The van der Waals surface area contributed by atoms with Gasteiger partial charge in [-0.15, -0.1) is 0 Å². The van der Waals surface area contributed by atoms with E-state index in [0.29, 0.717) is 34.9 Å². The van der Waals surface area contributed by atoms with Gasteiger partial charge in [-0.05, 0) is 37.1 Å². The molecule has 0 radical (unpaired) electrons. The quantitative estimate of drug-likeness (QED) is 0.435. The van der Waals surface area contributed by atoms with E-state index in [1.165, 1.54) is 7.11 Å². The molecule has 0 bridgehead atoms. The number of hydrogen-bond donors (Lipinski definition) is 1. The van der Waals surface area contributed by atoms with E-state index >= 15 is 0 Å². The zero-order chi connectivity index (χ0) is 21.6. The summed E-state index contributed by atoms with van der Waals surface area (Å²) in [4.78, 5) is 25.2. The number of ketones is 1. The van der Waals surface area contributed by atoms with Gasteiger partial charge in [0, 0.05) is 18.8 Å². The number of unbranched alkanes of at least 4 members (excludes halogenated alkanes) is 3. The van der Waals surface area contributed by atoms with Crippen LogP contribution in [-0.2, 0) is 11.8 Å². The first kappa shape index (κ1) is 22.5. The van der Waals surface area contributed by atoms with Crippen LogP contribution in [0.1, 0.15) is 72.3 Å². The summed E-state index contributed by atoms with van der Waals surface area (Å²) < 4.78 is 12.3. The monoisotopic (exact) mass is 401 g/mol. The van der Waals surface area contributed by atoms with E-state index in [0.717, 1.165) is 31.2 Å². The van der Waals surface area contributed by atoms with Crippen LogP contribution in [0.3, 0.4) is 0 Å². The Hall–Kier alpha value is -2.76. The van der Waals surface area contributed by atoms with E-state index in [-0.39, 0.29) is 5.78 Å². The molecule has 1 aromatic heterocycles. The van der Waals surface area contributed by atoms with Crippen LogP contribution >= 0.6 is 0 Å². The van der Waals surface area contributed by atoms with Crippen LogP contribution in [0.2, 0.25) is 0 Å². The Morgan fingerprint density at radius 1 is 1.10 bits per heavy atom. The number of carboxylic acid groups (broad SMARTS) is 1. The fraction of sp³-hybridized carbons (Fsp3) is 0.478. The van der Waals surface area contributed by atoms with Gasteiger partial charge >= 0.3 is 5.97 Å². The highest BCUT2D eigenvalue weighted by Gasteiger charge is 2.28. The summed E-state index contributed by atoms with van der Waals surface area (Å²) in [6, 6.07) is 6.87. The molecule has 2 aromatic rings. The van der Waals surface area contributed by atoms with Crippen molar-refractivity contribution in [2.24, 2.45) is 7.05 Å². The topological polar surface area (TPSA) is 77.8 Å². The first-order valence-electron chi connectivity index (χ1n) is 10.0. The molecule has 0 saturated heterocycles. The highest BCUT2D eigenvalue weighted by Crippen LogP contribution is 2.31. The van der Waals surface area contributed by atoms with Gasteiger partial charge in [-0.2, -0.15) is 0 Å². The summed E-state index contributed by atoms with van der Waals surface area (Å²) in [7, 11) is 4.82. The van der Waals surface area contributed by atoms with Gasteiger partial charge in [0.2, 0.25) is 5.78 Å². The number of benzene rings is 1. The minimum atomic E-state index is -0.858. The number of carbonyl (C=O) groups is 2. The largest absolute Gasteiger partial charge is 0.497 e. The van der Waals surface area contributed by atoms with Gasteiger partial charge < -0.3 is 19.1 Å². The Kier molecular flexibility index (Phi) is 7.88. The third kappa shape index (κ3) is 5.00. The average Bonchev–Trinajstić information content (AvgIpc) is 3.00. The Morgan fingerprint density at radius 3 is 2.41 bits per heavy atom. The number of rotatable bonds is 11. The molecule has 1 heterocycles. The minimum Gasteiger partial charge on any atom is -0.497 e. The maximum Gasteiger partial charge on any atom is 0.312 e. The molecular formula is C23H31NO5. The summed E-state index contributed by atoms with van der Waals surface area (Å²) in [6.45, 7) is 3.96. The van der Waals surface area contributed by atoms with Crippen molar-refractivity contribution in [1.82, 2.24) is 4.57 Å². The van der Waals surface area contributed by atoms with Crippen LogP contribution in [-0.4, -0.2) is 35.6 Å². The third-order valence-electron chi connectivity index (χ3n) is 5.33. The van der Waals surface area contributed by atoms with Crippen LogP contribution in [0.5, 0.6) is 11.5 Å². The summed E-state index contributed by atoms with van der Waals surface area (Å²) in [5.74, 6) is -0.671. The molecule has 0 aliphatic rings. The zero-order valence-electron chi connectivity index (χ0n) is 17.9. The van der Waals surface area contributed by atoms with Gasteiger partial charge in [0.1, 0.15) is 11.5 Å². The fourth-order valence-corrected chi connectivity index (χ4v) is 3.73. The number of aryl methyl sites for hydroxylation is 1. The molecule has 158 valence electrons. The number of aliphatic carboxylic acids is 1. The summed E-state index contributed by atoms with van der Waals surface area (Å²) >= 11 is 0. The van der Waals surface area contributed by atoms with Gasteiger partial charge in [-0.25, -0.2) is 0 Å². The summed E-state index contributed by atoms with van der Waals surface area (Å²) in [6.07, 6.45) is 4.62. The van der Waals surface area contributed by atoms with Crippen LogP contribution in [0.25, 0.3) is 0 Å². The maximum atomic E-state index is 13.3. The molecule has 1 aromatic carbocycles. The summed E-state index contributed by atoms with van der Waals surface area (Å²) in [5, 5.41) is 9.77. The van der Waals surface area contributed by atoms with E-state index in [1.54, 1.807) is 36.9 Å². The SMILES string of the molecule is CCCCCCC(C(=O)O)c1cc(C)c(C(=O)c2ccc(OC)cc2OC)n1C. The minimum absolute atomic E-state index is 0.203. The van der Waals surface area contributed by atoms with E-state index in [2.05, 4.69) is 6.92 Å². The molecule has 0 fully saturated rings. The molecule has 2 rings (SSSR count). The molecule has 1 N–H and O–H groups in total. The molecule has 0 aliphatic carbocycles. The Morgan fingerprint density at radius 2 is 1.83 bits per heavy atom. The van der Waals surface area contributed by atoms with Gasteiger partial charge in [-0.1, -0.05) is 32.6 Å². The highest BCUT2D eigenvalue weighted by atomic mass is 16.5. The second-order valence-electron chi connectivity index (χ2n) is 7.30. The van der Waals surface area contributed by atoms with E-state index in [1.807, 2.05) is 13.0 Å². The van der Waals surface area contributed by atoms with Crippen molar-refractivity contribution in [3.05, 3.63) is 46.8 Å². The molecular weight excluding hydrogens is 370 g/mol. The number of methoxy groups -OCH3 is 2. The lowest BCUT2D eigenvalue weighted by Gasteiger charge is -2.15. The van der Waals surface area contributed by atoms with Crippen LogP contribution in [0, 0.1) is 6.92 Å². The average molecular weight is 402 g/mol. The van der Waals surface area contributed by atoms with E-state index in [9.17, 15) is 14.7 Å². The number of ether oxygens (including phenoxy) is 2. The van der Waals surface area contributed by atoms with Crippen molar-refractivity contribution >= 4 is 11.8 Å². The van der Waals surface area contributed by atoms with Crippen molar-refractivity contribution in [3.63, 3.8) is 0 Å². The number of nitrogens with zero attached hydrogens (tertiary/aromatic N) is 1. The second-order valence-corrected chi connectivity index (χ2v) is 7.30. The highest BCUT2D eigenvalue weighted by molar-refractivity contribution is 6.11. The molecule has 1 unspecified atom stereocenters. The third-order valence-corrected chi connectivity index (χ3v) is 5.33. The smallest absolute Gasteiger partial charge is 0.312 e. The standard InChI is InChI=1S/C23H31NO5/c1-6-7-8-9-10-17(23(26)27)19-13-15(2)21(24(19)3)22(25)18-12-11-16(28-4)14-20(18)29-5/h11-14,17H,6-10H2,1-5H3,(H,26,27). The van der Waals surface area contributed by atoms with E-state index < -0.39 is 11.9 Å². The molecule has 29 heavy (non-hydrogen) atoms. The van der Waals surface area contributed by atoms with Crippen molar-refractivity contribution < 1.29 is 24.2 Å². The first-order valence-corrected chi connectivity index (χ1v) is 10.0. The summed E-state index contributed by atoms with van der Waals surface area (Å²) in [5.41, 5.74) is 2.30. The number of carboxylic acids is 1. The number of aromatic nitrogens is 1. The lowest BCUT2D eigenvalue weighted by molar-refractivity contribution is -0.139. The lowest BCUT2D eigenvalue weighted by Crippen LogP contribution is -2.17. The lowest BCUT2D eigenvalue weighted by atomic mass is 9.97. The van der Waals surface area contributed by atoms with Gasteiger partial charge in [0.15, 0.2) is 0 Å². The Bertz CT molecular complexity index is 868. The van der Waals surface area contributed by atoms with E-state index in [4.69, 9.17) is 9.47 Å². The van der Waals surface area contributed by atoms with Gasteiger partial charge in [0.05, 0.1) is 31.4 Å². The molecule has 0 aliphatic heterocycles. The molecule has 1 atom stereocenters. The van der Waals surface area contributed by atoms with Crippen molar-refractivity contribution in [1.29, 1.82) is 0 Å². The van der Waals surface area contributed by atoms with Crippen molar-refractivity contribution in [2.45, 2.75) is 51.9 Å². The predicted octanol–water partition coefficient (Wildman–Crippen LogP) is 4.72. The fourth-order valence-electron chi connectivity index (χ4n) is 3.73. The Labute approximate surface area is 172 Å². The molecule has 0 amide bonds. The van der Waals surface area contributed by atoms with Gasteiger partial charge in [-0.3, -0.25) is 9.59 Å². The zero-order valence-corrected chi connectivity index (χ0v) is 17.9. The molecule has 6 heteroatoms. The predicted molar refractivity (Wildman–Crippen MR) is 112 cm³/mol. The Balaban J connectivity index is 2.39. The molecule has 0 saturated carbocycles. The molecule has 0 spiro atoms.